The lowest BCUT2D eigenvalue weighted by molar-refractivity contribution is -0.384. The van der Waals surface area contributed by atoms with Crippen LogP contribution < -0.4 is 0 Å². The molecule has 4 aromatic rings. The fraction of sp³-hybridized carbons (Fsp3) is 0.185. The van der Waals surface area contributed by atoms with Crippen LogP contribution in [0.25, 0.3) is 23.2 Å². The van der Waals surface area contributed by atoms with E-state index in [1.54, 1.807) is 35.2 Å². The topological polar surface area (TPSA) is 97.6 Å². The highest BCUT2D eigenvalue weighted by Gasteiger charge is 2.27. The highest BCUT2D eigenvalue weighted by atomic mass is 16.6. The molecule has 5 rings (SSSR count). The van der Waals surface area contributed by atoms with Crippen LogP contribution in [0.3, 0.4) is 0 Å². The van der Waals surface area contributed by atoms with E-state index in [9.17, 15) is 14.9 Å². The van der Waals surface area contributed by atoms with Crippen molar-refractivity contribution in [3.8, 4) is 17.1 Å². The predicted molar refractivity (Wildman–Crippen MR) is 136 cm³/mol. The summed E-state index contributed by atoms with van der Waals surface area (Å²) in [7, 11) is 0. The minimum atomic E-state index is -0.465. The van der Waals surface area contributed by atoms with Crippen LogP contribution in [0.4, 0.5) is 5.69 Å². The van der Waals surface area contributed by atoms with Gasteiger partial charge in [0.05, 0.1) is 16.9 Å². The molecule has 0 unspecified atom stereocenters. The molecule has 1 fully saturated rings. The van der Waals surface area contributed by atoms with Gasteiger partial charge in [-0.15, -0.1) is 0 Å². The van der Waals surface area contributed by atoms with Crippen molar-refractivity contribution in [1.29, 1.82) is 0 Å². The van der Waals surface area contributed by atoms with E-state index in [1.165, 1.54) is 23.1 Å². The SMILES string of the molecule is O=C(c1cc(-c2ccco2)nn1-c1cccc([N+](=O)[O-])c1)N1CCN(CC=Cc2ccccc2)CC1. The minimum Gasteiger partial charge on any atom is -0.463 e. The van der Waals surface area contributed by atoms with Crippen molar-refractivity contribution < 1.29 is 14.1 Å². The molecule has 1 amide bonds. The number of rotatable bonds is 7. The molecular formula is C27H25N5O4. The minimum absolute atomic E-state index is 0.0712. The molecule has 9 nitrogen and oxygen atoms in total. The van der Waals surface area contributed by atoms with Crippen LogP contribution in [0.1, 0.15) is 16.1 Å². The second kappa shape index (κ2) is 10.4. The molecule has 1 aliphatic rings. The van der Waals surface area contributed by atoms with Gasteiger partial charge in [-0.2, -0.15) is 5.10 Å². The lowest BCUT2D eigenvalue weighted by atomic mass is 10.2. The van der Waals surface area contributed by atoms with Gasteiger partial charge < -0.3 is 9.32 Å². The van der Waals surface area contributed by atoms with Crippen molar-refractivity contribution in [3.63, 3.8) is 0 Å². The Morgan fingerprint density at radius 1 is 1.00 bits per heavy atom. The standard InChI is InChI=1S/C27H25N5O4/c33-27(30-16-14-29(15-17-30)13-5-9-21-7-2-1-3-8-21)25-20-24(26-12-6-18-36-26)28-31(25)22-10-4-11-23(19-22)32(34)35/h1-12,18-20H,13-17H2. The van der Waals surface area contributed by atoms with Gasteiger partial charge in [-0.05, 0) is 23.8 Å². The predicted octanol–water partition coefficient (Wildman–Crippen LogP) is 4.51. The summed E-state index contributed by atoms with van der Waals surface area (Å²) in [5.74, 6) is 0.342. The number of hydrogen-bond donors (Lipinski definition) is 0. The summed E-state index contributed by atoms with van der Waals surface area (Å²) in [5.41, 5.74) is 2.35. The maximum Gasteiger partial charge on any atom is 0.272 e. The second-order valence-corrected chi connectivity index (χ2v) is 8.49. The molecule has 0 bridgehead atoms. The number of hydrogen-bond acceptors (Lipinski definition) is 6. The van der Waals surface area contributed by atoms with Crippen molar-refractivity contribution in [2.24, 2.45) is 0 Å². The van der Waals surface area contributed by atoms with Gasteiger partial charge in [0.2, 0.25) is 0 Å². The monoisotopic (exact) mass is 483 g/mol. The van der Waals surface area contributed by atoms with Gasteiger partial charge in [-0.3, -0.25) is 19.8 Å². The molecule has 0 saturated carbocycles. The van der Waals surface area contributed by atoms with E-state index in [0.29, 0.717) is 35.9 Å². The first kappa shape index (κ1) is 23.3. The number of benzene rings is 2. The Morgan fingerprint density at radius 3 is 2.53 bits per heavy atom. The van der Waals surface area contributed by atoms with Crippen molar-refractivity contribution in [3.05, 3.63) is 107 Å². The van der Waals surface area contributed by atoms with Crippen molar-refractivity contribution in [2.75, 3.05) is 32.7 Å². The fourth-order valence-electron chi connectivity index (χ4n) is 4.21. The molecular weight excluding hydrogens is 458 g/mol. The van der Waals surface area contributed by atoms with Crippen LogP contribution >= 0.6 is 0 Å². The molecule has 0 N–H and O–H groups in total. The second-order valence-electron chi connectivity index (χ2n) is 8.49. The molecule has 0 atom stereocenters. The summed E-state index contributed by atoms with van der Waals surface area (Å²) in [6.45, 7) is 3.47. The Morgan fingerprint density at radius 2 is 1.81 bits per heavy atom. The normalized spacial score (nSPS) is 14.4. The number of carbonyl (C=O) groups is 1. The van der Waals surface area contributed by atoms with Crippen LogP contribution in [-0.2, 0) is 0 Å². The number of piperazine rings is 1. The lowest BCUT2D eigenvalue weighted by Crippen LogP contribution is -2.49. The molecule has 0 radical (unpaired) electrons. The zero-order chi connectivity index (χ0) is 24.9. The van der Waals surface area contributed by atoms with Gasteiger partial charge in [0.25, 0.3) is 11.6 Å². The van der Waals surface area contributed by atoms with E-state index in [4.69, 9.17) is 4.42 Å². The van der Waals surface area contributed by atoms with Crippen LogP contribution in [0.2, 0.25) is 0 Å². The Bertz CT molecular complexity index is 1370. The highest BCUT2D eigenvalue weighted by molar-refractivity contribution is 5.94. The molecule has 182 valence electrons. The highest BCUT2D eigenvalue weighted by Crippen LogP contribution is 2.25. The van der Waals surface area contributed by atoms with Gasteiger partial charge >= 0.3 is 0 Å². The molecule has 0 spiro atoms. The molecule has 2 aromatic carbocycles. The largest absolute Gasteiger partial charge is 0.463 e. The van der Waals surface area contributed by atoms with Crippen molar-refractivity contribution in [1.82, 2.24) is 19.6 Å². The van der Waals surface area contributed by atoms with Crippen LogP contribution in [0.5, 0.6) is 0 Å². The van der Waals surface area contributed by atoms with Crippen LogP contribution in [0.15, 0.2) is 89.6 Å². The molecule has 3 heterocycles. The summed E-state index contributed by atoms with van der Waals surface area (Å²) in [6, 6.07) is 21.4. The van der Waals surface area contributed by atoms with Gasteiger partial charge in [-0.1, -0.05) is 48.6 Å². The van der Waals surface area contributed by atoms with E-state index in [-0.39, 0.29) is 11.6 Å². The Balaban J connectivity index is 1.33. The third-order valence-electron chi connectivity index (χ3n) is 6.12. The van der Waals surface area contributed by atoms with Gasteiger partial charge in [-0.25, -0.2) is 4.68 Å². The molecule has 1 aliphatic heterocycles. The summed E-state index contributed by atoms with van der Waals surface area (Å²) in [6.07, 6.45) is 5.78. The first-order chi connectivity index (χ1) is 17.6. The van der Waals surface area contributed by atoms with Gasteiger partial charge in [0.1, 0.15) is 11.4 Å². The summed E-state index contributed by atoms with van der Waals surface area (Å²) in [5, 5.41) is 15.9. The molecule has 9 heteroatoms. The number of furan rings is 1. The number of nitro groups is 1. The van der Waals surface area contributed by atoms with E-state index in [2.05, 4.69) is 34.3 Å². The third kappa shape index (κ3) is 5.11. The smallest absolute Gasteiger partial charge is 0.272 e. The van der Waals surface area contributed by atoms with E-state index >= 15 is 0 Å². The molecule has 0 aliphatic carbocycles. The first-order valence-electron chi connectivity index (χ1n) is 11.7. The molecule has 36 heavy (non-hydrogen) atoms. The number of amides is 1. The lowest BCUT2D eigenvalue weighted by Gasteiger charge is -2.34. The maximum atomic E-state index is 13.6. The number of carbonyl (C=O) groups excluding carboxylic acids is 1. The average molecular weight is 484 g/mol. The number of aromatic nitrogens is 2. The maximum absolute atomic E-state index is 13.6. The number of nitro benzene ring substituents is 1. The fourth-order valence-corrected chi connectivity index (χ4v) is 4.21. The molecule has 2 aromatic heterocycles. The Hall–Kier alpha value is -4.50. The summed E-state index contributed by atoms with van der Waals surface area (Å²) < 4.78 is 6.93. The third-order valence-corrected chi connectivity index (χ3v) is 6.12. The van der Waals surface area contributed by atoms with Gasteiger partial charge in [0.15, 0.2) is 5.76 Å². The average Bonchev–Trinajstić information content (AvgIpc) is 3.60. The number of nitrogens with zero attached hydrogens (tertiary/aromatic N) is 5. The van der Waals surface area contributed by atoms with E-state index in [0.717, 1.165) is 25.2 Å². The number of non-ortho nitro benzene ring substituents is 1. The van der Waals surface area contributed by atoms with E-state index < -0.39 is 4.92 Å². The van der Waals surface area contributed by atoms with Gasteiger partial charge in [0, 0.05) is 50.9 Å². The zero-order valence-electron chi connectivity index (χ0n) is 19.6. The first-order valence-corrected chi connectivity index (χ1v) is 11.7. The van der Waals surface area contributed by atoms with Crippen molar-refractivity contribution in [2.45, 2.75) is 0 Å². The zero-order valence-corrected chi connectivity index (χ0v) is 19.6. The quantitative estimate of drug-likeness (QED) is 0.283. The molecule has 1 saturated heterocycles. The summed E-state index contributed by atoms with van der Waals surface area (Å²) in [4.78, 5) is 28.5. The van der Waals surface area contributed by atoms with Crippen LogP contribution in [0, 0.1) is 10.1 Å². The Labute approximate surface area is 208 Å². The summed E-state index contributed by atoms with van der Waals surface area (Å²) >= 11 is 0. The van der Waals surface area contributed by atoms with E-state index in [1.807, 2.05) is 18.2 Å². The Kier molecular flexibility index (Phi) is 6.72. The van der Waals surface area contributed by atoms with Crippen LogP contribution in [-0.4, -0.2) is 63.1 Å². The van der Waals surface area contributed by atoms with Crippen molar-refractivity contribution >= 4 is 17.7 Å².